The lowest BCUT2D eigenvalue weighted by Gasteiger charge is -2.42. The Morgan fingerprint density at radius 1 is 1.15 bits per heavy atom. The summed E-state index contributed by atoms with van der Waals surface area (Å²) in [6.07, 6.45) is -0.898. The molecule has 1 aromatic rings. The molecule has 0 unspecified atom stereocenters. The number of hydrogen-bond acceptors (Lipinski definition) is 4. The first kappa shape index (κ1) is 20.6. The minimum absolute atomic E-state index is 0.104. The molecule has 2 atom stereocenters. The lowest BCUT2D eigenvalue weighted by molar-refractivity contribution is -0.0120. The molecule has 1 aliphatic rings. The van der Waals surface area contributed by atoms with Crippen LogP contribution in [-0.2, 0) is 16.1 Å². The maximum atomic E-state index is 12.6. The van der Waals surface area contributed by atoms with Gasteiger partial charge >= 0.3 is 12.2 Å². The van der Waals surface area contributed by atoms with Gasteiger partial charge in [-0.25, -0.2) is 16.2 Å². The van der Waals surface area contributed by atoms with Gasteiger partial charge in [0.25, 0.3) is 0 Å². The second-order valence-electron chi connectivity index (χ2n) is 7.67. The molecule has 1 aliphatic heterocycles. The van der Waals surface area contributed by atoms with Gasteiger partial charge in [0.05, 0.1) is 12.6 Å². The number of carbonyl (C=O) groups excluding carboxylic acids is 2. The van der Waals surface area contributed by atoms with Crippen molar-refractivity contribution >= 4 is 12.2 Å². The van der Waals surface area contributed by atoms with Crippen molar-refractivity contribution in [1.82, 2.24) is 9.80 Å². The Morgan fingerprint density at radius 3 is 2.41 bits per heavy atom. The lowest BCUT2D eigenvalue weighted by atomic mass is 10.1. The van der Waals surface area contributed by atoms with Crippen LogP contribution in [0.15, 0.2) is 30.3 Å². The third-order valence-corrected chi connectivity index (χ3v) is 4.21. The first-order valence-corrected chi connectivity index (χ1v) is 9.01. The number of benzene rings is 1. The zero-order chi connectivity index (χ0) is 20.0. The van der Waals surface area contributed by atoms with E-state index in [0.717, 1.165) is 5.56 Å². The highest BCUT2D eigenvalue weighted by Crippen LogP contribution is 2.20. The van der Waals surface area contributed by atoms with Crippen molar-refractivity contribution in [2.45, 2.75) is 52.0 Å². The smallest absolute Gasteiger partial charge is 0.410 e. The van der Waals surface area contributed by atoms with Crippen LogP contribution in [0.1, 0.15) is 33.3 Å². The summed E-state index contributed by atoms with van der Waals surface area (Å²) in [6.45, 7) is 15.3. The Kier molecular flexibility index (Phi) is 6.67. The van der Waals surface area contributed by atoms with Gasteiger partial charge in [0, 0.05) is 6.54 Å². The zero-order valence-corrected chi connectivity index (χ0v) is 16.3. The molecule has 0 radical (unpaired) electrons. The van der Waals surface area contributed by atoms with E-state index in [1.54, 1.807) is 9.80 Å². The Bertz CT molecular complexity index is 693. The van der Waals surface area contributed by atoms with Gasteiger partial charge in [0.1, 0.15) is 18.2 Å². The van der Waals surface area contributed by atoms with Gasteiger partial charge in [0.15, 0.2) is 0 Å². The van der Waals surface area contributed by atoms with Crippen LogP contribution in [0.2, 0.25) is 0 Å². The van der Waals surface area contributed by atoms with Gasteiger partial charge in [-0.05, 0) is 33.3 Å². The Balaban J connectivity index is 2.03. The Hall–Kier alpha value is -2.75. The normalized spacial score (nSPS) is 20.0. The molecule has 0 aromatic heterocycles. The van der Waals surface area contributed by atoms with Gasteiger partial charge in [0.2, 0.25) is 6.54 Å². The summed E-state index contributed by atoms with van der Waals surface area (Å²) in [5.41, 5.74) is 0.297. The second-order valence-corrected chi connectivity index (χ2v) is 7.67. The highest BCUT2D eigenvalue weighted by atomic mass is 16.6. The van der Waals surface area contributed by atoms with E-state index in [9.17, 15) is 9.59 Å². The van der Waals surface area contributed by atoms with E-state index in [1.807, 2.05) is 58.0 Å². The van der Waals surface area contributed by atoms with Crippen LogP contribution in [0.25, 0.3) is 4.85 Å². The fourth-order valence-corrected chi connectivity index (χ4v) is 2.90. The monoisotopic (exact) mass is 373 g/mol. The summed E-state index contributed by atoms with van der Waals surface area (Å²) < 4.78 is 10.9. The maximum absolute atomic E-state index is 12.6. The molecule has 7 heteroatoms. The number of nitrogens with zero attached hydrogens (tertiary/aromatic N) is 3. The maximum Gasteiger partial charge on any atom is 0.410 e. The molecule has 2 amide bonds. The van der Waals surface area contributed by atoms with Crippen molar-refractivity contribution in [2.75, 3.05) is 19.6 Å². The van der Waals surface area contributed by atoms with Crippen LogP contribution in [0, 0.1) is 6.57 Å². The predicted octanol–water partition coefficient (Wildman–Crippen LogP) is 3.55. The Labute approximate surface area is 160 Å². The van der Waals surface area contributed by atoms with Crippen molar-refractivity contribution in [3.05, 3.63) is 47.3 Å². The molecule has 146 valence electrons. The van der Waals surface area contributed by atoms with Crippen LogP contribution in [0.3, 0.4) is 0 Å². The first-order chi connectivity index (χ1) is 12.7. The van der Waals surface area contributed by atoms with Crippen molar-refractivity contribution in [3.8, 4) is 0 Å². The fourth-order valence-electron chi connectivity index (χ4n) is 2.90. The summed E-state index contributed by atoms with van der Waals surface area (Å²) in [4.78, 5) is 31.6. The minimum atomic E-state index is -0.599. The van der Waals surface area contributed by atoms with E-state index in [2.05, 4.69) is 4.85 Å². The largest absolute Gasteiger partial charge is 0.445 e. The first-order valence-electron chi connectivity index (χ1n) is 9.01. The molecule has 0 aliphatic carbocycles. The van der Waals surface area contributed by atoms with Crippen molar-refractivity contribution < 1.29 is 19.1 Å². The molecular weight excluding hydrogens is 346 g/mol. The number of amides is 2. The van der Waals surface area contributed by atoms with Crippen LogP contribution < -0.4 is 0 Å². The lowest BCUT2D eigenvalue weighted by Crippen LogP contribution is -2.61. The summed E-state index contributed by atoms with van der Waals surface area (Å²) in [7, 11) is 0. The molecule has 1 heterocycles. The van der Waals surface area contributed by atoms with E-state index >= 15 is 0 Å². The molecule has 2 rings (SSSR count). The van der Waals surface area contributed by atoms with Crippen LogP contribution in [0.5, 0.6) is 0 Å². The minimum Gasteiger partial charge on any atom is -0.445 e. The summed E-state index contributed by atoms with van der Waals surface area (Å²) >= 11 is 0. The summed E-state index contributed by atoms with van der Waals surface area (Å²) in [5.74, 6) is 0. The van der Waals surface area contributed by atoms with Gasteiger partial charge in [-0.3, -0.25) is 4.90 Å². The molecule has 0 bridgehead atoms. The van der Waals surface area contributed by atoms with Crippen molar-refractivity contribution in [1.29, 1.82) is 0 Å². The highest BCUT2D eigenvalue weighted by Gasteiger charge is 2.40. The van der Waals surface area contributed by atoms with Crippen molar-refractivity contribution in [3.63, 3.8) is 0 Å². The molecule has 1 saturated heterocycles. The average molecular weight is 373 g/mol. The van der Waals surface area contributed by atoms with Gasteiger partial charge in [-0.15, -0.1) is 0 Å². The second kappa shape index (κ2) is 8.76. The third-order valence-electron chi connectivity index (χ3n) is 4.21. The van der Waals surface area contributed by atoms with E-state index < -0.39 is 23.8 Å². The molecule has 7 nitrogen and oxygen atoms in total. The van der Waals surface area contributed by atoms with Crippen LogP contribution in [-0.4, -0.2) is 59.3 Å². The van der Waals surface area contributed by atoms with Gasteiger partial charge in [-0.2, -0.15) is 0 Å². The number of carbonyl (C=O) groups is 2. The average Bonchev–Trinajstić information content (AvgIpc) is 2.60. The molecule has 1 fully saturated rings. The topological polar surface area (TPSA) is 63.4 Å². The van der Waals surface area contributed by atoms with Gasteiger partial charge in [-0.1, -0.05) is 30.3 Å². The quantitative estimate of drug-likeness (QED) is 0.760. The van der Waals surface area contributed by atoms with E-state index in [4.69, 9.17) is 16.0 Å². The molecule has 0 spiro atoms. The predicted molar refractivity (Wildman–Crippen MR) is 101 cm³/mol. The van der Waals surface area contributed by atoms with Crippen molar-refractivity contribution in [2.24, 2.45) is 0 Å². The number of rotatable bonds is 3. The fraction of sp³-hybridized carbons (Fsp3) is 0.550. The zero-order valence-electron chi connectivity index (χ0n) is 16.3. The Morgan fingerprint density at radius 2 is 1.81 bits per heavy atom. The number of ether oxygens (including phenoxy) is 2. The molecule has 27 heavy (non-hydrogen) atoms. The van der Waals surface area contributed by atoms with E-state index in [0.29, 0.717) is 6.54 Å². The molecule has 1 aromatic carbocycles. The summed E-state index contributed by atoms with van der Waals surface area (Å²) in [6, 6.07) is 8.77. The van der Waals surface area contributed by atoms with E-state index in [1.165, 1.54) is 0 Å². The van der Waals surface area contributed by atoms with Gasteiger partial charge < -0.3 is 19.2 Å². The highest BCUT2D eigenvalue weighted by molar-refractivity contribution is 5.71. The molecular formula is C20H27N3O4. The number of piperazine rings is 1. The SMILES string of the molecule is [C-]#[N+]C[C@H]1CN(C(=O)OC(C)(C)C)[C@@H](C)CN1C(=O)OCc1ccccc1. The van der Waals surface area contributed by atoms with E-state index in [-0.39, 0.29) is 25.7 Å². The molecule has 0 N–H and O–H groups in total. The van der Waals surface area contributed by atoms with Crippen LogP contribution in [0.4, 0.5) is 9.59 Å². The summed E-state index contributed by atoms with van der Waals surface area (Å²) in [5, 5.41) is 0. The number of hydrogen-bond donors (Lipinski definition) is 0. The standard InChI is InChI=1S/C20H27N3O4/c1-15-12-23(18(24)26-14-16-9-7-6-8-10-16)17(11-21-5)13-22(15)19(25)27-20(2,3)4/h6-10,15,17H,11-14H2,1-4H3/t15-,17-/m0/s1. The molecule has 0 saturated carbocycles. The van der Waals surface area contributed by atoms with Crippen LogP contribution >= 0.6 is 0 Å². The third kappa shape index (κ3) is 5.88.